The van der Waals surface area contributed by atoms with Crippen molar-refractivity contribution in [2.45, 2.75) is 0 Å². The van der Waals surface area contributed by atoms with Gasteiger partial charge in [-0.25, -0.2) is 4.98 Å². The molecule has 0 saturated carbocycles. The first-order valence-corrected chi connectivity index (χ1v) is 5.43. The second kappa shape index (κ2) is 5.46. The molecular weight excluding hydrogens is 234 g/mol. The number of hydrogen-bond donors (Lipinski definition) is 1. The van der Waals surface area contributed by atoms with Gasteiger partial charge in [0.2, 0.25) is 11.8 Å². The largest absolute Gasteiger partial charge is 0.472 e. The third-order valence-corrected chi connectivity index (χ3v) is 2.29. The van der Waals surface area contributed by atoms with Crippen molar-refractivity contribution in [3.05, 3.63) is 18.5 Å². The van der Waals surface area contributed by atoms with Gasteiger partial charge in [-0.2, -0.15) is 9.97 Å². The molecular formula is C11H15N5O2. The van der Waals surface area contributed by atoms with Crippen molar-refractivity contribution in [1.29, 1.82) is 0 Å². The van der Waals surface area contributed by atoms with E-state index in [1.54, 1.807) is 18.0 Å². The molecule has 0 bridgehead atoms. The van der Waals surface area contributed by atoms with E-state index in [0.717, 1.165) is 0 Å². The lowest BCUT2D eigenvalue weighted by molar-refractivity contribution is 0.233. The molecule has 0 saturated heterocycles. The summed E-state index contributed by atoms with van der Waals surface area (Å²) >= 11 is 0. The maximum atomic E-state index is 5.62. The van der Waals surface area contributed by atoms with Gasteiger partial charge >= 0.3 is 0 Å². The van der Waals surface area contributed by atoms with Crippen molar-refractivity contribution in [1.82, 2.24) is 19.5 Å². The number of nitrogens with zero attached hydrogens (tertiary/aromatic N) is 4. The average molecular weight is 249 g/mol. The minimum atomic E-state index is 0.168. The van der Waals surface area contributed by atoms with Crippen LogP contribution in [-0.4, -0.2) is 39.8 Å². The summed E-state index contributed by atoms with van der Waals surface area (Å²) in [6, 6.07) is 0. The molecule has 18 heavy (non-hydrogen) atoms. The predicted octanol–water partition coefficient (Wildman–Crippen LogP) is 0.527. The van der Waals surface area contributed by atoms with Crippen molar-refractivity contribution in [3.63, 3.8) is 0 Å². The smallest absolute Gasteiger partial charge is 0.247 e. The topological polar surface area (TPSA) is 88.1 Å². The molecule has 2 heterocycles. The Kier molecular flexibility index (Phi) is 3.73. The average Bonchev–Trinajstić information content (AvgIpc) is 2.71. The van der Waals surface area contributed by atoms with Gasteiger partial charge in [-0.1, -0.05) is 6.08 Å². The fourth-order valence-electron chi connectivity index (χ4n) is 1.46. The second-order valence-electron chi connectivity index (χ2n) is 3.65. The Morgan fingerprint density at radius 1 is 1.33 bits per heavy atom. The standard InChI is InChI=1S/C11H15N5O2/c1-16-7-13-8-9(16)14-11(12)15-10(8)18-6-4-3-5-17-2/h3-4,7H,5-6H2,1-2H3,(H2,12,14,15)/b4-3+. The third kappa shape index (κ3) is 2.57. The molecule has 2 rings (SSSR count). The normalized spacial score (nSPS) is 11.4. The molecule has 2 aromatic rings. The first-order valence-electron chi connectivity index (χ1n) is 5.43. The molecule has 0 unspecified atom stereocenters. The molecule has 0 atom stereocenters. The van der Waals surface area contributed by atoms with E-state index in [1.807, 2.05) is 19.2 Å². The van der Waals surface area contributed by atoms with Crippen molar-refractivity contribution in [3.8, 4) is 5.88 Å². The highest BCUT2D eigenvalue weighted by atomic mass is 16.5. The molecule has 7 nitrogen and oxygen atoms in total. The van der Waals surface area contributed by atoms with E-state index in [-0.39, 0.29) is 5.95 Å². The number of hydrogen-bond acceptors (Lipinski definition) is 6. The van der Waals surface area contributed by atoms with Crippen LogP contribution in [0.15, 0.2) is 18.5 Å². The highest BCUT2D eigenvalue weighted by Crippen LogP contribution is 2.20. The molecule has 2 N–H and O–H groups in total. The van der Waals surface area contributed by atoms with Crippen LogP contribution in [0.4, 0.5) is 5.95 Å². The van der Waals surface area contributed by atoms with Crippen LogP contribution < -0.4 is 10.5 Å². The summed E-state index contributed by atoms with van der Waals surface area (Å²) in [7, 11) is 3.47. The lowest BCUT2D eigenvalue weighted by atomic mass is 10.5. The Bertz CT molecular complexity index is 564. The van der Waals surface area contributed by atoms with Crippen LogP contribution in [0.1, 0.15) is 0 Å². The van der Waals surface area contributed by atoms with Gasteiger partial charge in [0.05, 0.1) is 12.9 Å². The van der Waals surface area contributed by atoms with Gasteiger partial charge in [0, 0.05) is 14.2 Å². The van der Waals surface area contributed by atoms with E-state index >= 15 is 0 Å². The van der Waals surface area contributed by atoms with Crippen LogP contribution in [0.2, 0.25) is 0 Å². The highest BCUT2D eigenvalue weighted by Gasteiger charge is 2.11. The highest BCUT2D eigenvalue weighted by molar-refractivity contribution is 5.77. The number of ether oxygens (including phenoxy) is 2. The number of anilines is 1. The summed E-state index contributed by atoms with van der Waals surface area (Å²) in [5, 5.41) is 0. The van der Waals surface area contributed by atoms with Gasteiger partial charge in [0.1, 0.15) is 6.61 Å². The Morgan fingerprint density at radius 2 is 2.11 bits per heavy atom. The molecule has 0 aromatic carbocycles. The Morgan fingerprint density at radius 3 is 2.89 bits per heavy atom. The van der Waals surface area contributed by atoms with E-state index < -0.39 is 0 Å². The first kappa shape index (κ1) is 12.3. The number of methoxy groups -OCH3 is 1. The summed E-state index contributed by atoms with van der Waals surface area (Å²) in [4.78, 5) is 12.3. The fraction of sp³-hybridized carbons (Fsp3) is 0.364. The molecule has 2 aromatic heterocycles. The van der Waals surface area contributed by atoms with Crippen LogP contribution in [0.5, 0.6) is 5.88 Å². The van der Waals surface area contributed by atoms with Crippen LogP contribution in [-0.2, 0) is 11.8 Å². The van der Waals surface area contributed by atoms with E-state index in [1.165, 1.54) is 0 Å². The van der Waals surface area contributed by atoms with Crippen LogP contribution in [0, 0.1) is 0 Å². The van der Waals surface area contributed by atoms with Gasteiger partial charge < -0.3 is 19.8 Å². The van der Waals surface area contributed by atoms with Gasteiger partial charge in [0.25, 0.3) is 0 Å². The number of rotatable bonds is 5. The molecule has 0 spiro atoms. The minimum Gasteiger partial charge on any atom is -0.472 e. The predicted molar refractivity (Wildman–Crippen MR) is 67.2 cm³/mol. The first-order chi connectivity index (χ1) is 8.72. The Hall–Kier alpha value is -2.15. The molecule has 0 fully saturated rings. The lowest BCUT2D eigenvalue weighted by Gasteiger charge is -2.04. The van der Waals surface area contributed by atoms with Crippen LogP contribution in [0.3, 0.4) is 0 Å². The van der Waals surface area contributed by atoms with Crippen LogP contribution >= 0.6 is 0 Å². The van der Waals surface area contributed by atoms with Crippen LogP contribution in [0.25, 0.3) is 11.2 Å². The molecule has 0 amide bonds. The molecule has 0 radical (unpaired) electrons. The summed E-state index contributed by atoms with van der Waals surface area (Å²) in [5.41, 5.74) is 6.88. The summed E-state index contributed by atoms with van der Waals surface area (Å²) < 4.78 is 12.2. The SMILES string of the molecule is COC/C=C/COc1nc(N)nc2c1ncn2C. The number of nitrogens with two attached hydrogens (primary N) is 1. The summed E-state index contributed by atoms with van der Waals surface area (Å²) in [5.74, 6) is 0.558. The molecule has 7 heteroatoms. The number of aryl methyl sites for hydroxylation is 1. The fourth-order valence-corrected chi connectivity index (χ4v) is 1.46. The van der Waals surface area contributed by atoms with Gasteiger partial charge in [-0.3, -0.25) is 0 Å². The number of aromatic nitrogens is 4. The minimum absolute atomic E-state index is 0.168. The number of fused-ring (bicyclic) bond motifs is 1. The van der Waals surface area contributed by atoms with Crippen molar-refractivity contribution < 1.29 is 9.47 Å². The van der Waals surface area contributed by atoms with Crippen molar-refractivity contribution in [2.24, 2.45) is 7.05 Å². The quantitative estimate of drug-likeness (QED) is 0.777. The maximum absolute atomic E-state index is 5.62. The zero-order chi connectivity index (χ0) is 13.0. The molecule has 96 valence electrons. The number of nitrogen functional groups attached to an aromatic ring is 1. The second-order valence-corrected chi connectivity index (χ2v) is 3.65. The molecule has 0 aliphatic rings. The summed E-state index contributed by atoms with van der Waals surface area (Å²) in [6.07, 6.45) is 5.35. The van der Waals surface area contributed by atoms with Crippen molar-refractivity contribution >= 4 is 17.1 Å². The Balaban J connectivity index is 2.17. The maximum Gasteiger partial charge on any atom is 0.247 e. The monoisotopic (exact) mass is 249 g/mol. The Labute approximate surface area is 104 Å². The molecule has 0 aliphatic carbocycles. The van der Waals surface area contributed by atoms with Gasteiger partial charge in [-0.15, -0.1) is 0 Å². The van der Waals surface area contributed by atoms with Gasteiger partial charge in [-0.05, 0) is 6.08 Å². The zero-order valence-electron chi connectivity index (χ0n) is 10.3. The summed E-state index contributed by atoms with van der Waals surface area (Å²) in [6.45, 7) is 0.930. The molecule has 0 aliphatic heterocycles. The zero-order valence-corrected chi connectivity index (χ0v) is 10.3. The van der Waals surface area contributed by atoms with E-state index in [4.69, 9.17) is 15.2 Å². The lowest BCUT2D eigenvalue weighted by Crippen LogP contribution is -2.03. The van der Waals surface area contributed by atoms with Gasteiger partial charge in [0.15, 0.2) is 11.2 Å². The third-order valence-electron chi connectivity index (χ3n) is 2.29. The van der Waals surface area contributed by atoms with E-state index in [2.05, 4.69) is 15.0 Å². The van der Waals surface area contributed by atoms with Crippen molar-refractivity contribution in [2.75, 3.05) is 26.1 Å². The number of imidazole rings is 1. The van der Waals surface area contributed by atoms with E-state index in [9.17, 15) is 0 Å². The van der Waals surface area contributed by atoms with E-state index in [0.29, 0.717) is 30.3 Å².